The van der Waals surface area contributed by atoms with E-state index >= 15 is 0 Å². The Morgan fingerprint density at radius 2 is 2.25 bits per heavy atom. The van der Waals surface area contributed by atoms with Gasteiger partial charge in [0.05, 0.1) is 17.9 Å². The summed E-state index contributed by atoms with van der Waals surface area (Å²) in [6.07, 6.45) is 0. The summed E-state index contributed by atoms with van der Waals surface area (Å²) in [4.78, 5) is 0. The zero-order valence-corrected chi connectivity index (χ0v) is 9.80. The molecule has 0 aliphatic rings. The molecule has 0 spiro atoms. The maximum absolute atomic E-state index is 8.87. The summed E-state index contributed by atoms with van der Waals surface area (Å²) in [6, 6.07) is 9.30. The Morgan fingerprint density at radius 1 is 1.50 bits per heavy atom. The van der Waals surface area contributed by atoms with Crippen LogP contribution in [0, 0.1) is 11.3 Å². The highest BCUT2D eigenvalue weighted by Crippen LogP contribution is 2.12. The molecule has 1 aromatic rings. The van der Waals surface area contributed by atoms with Gasteiger partial charge in [-0.2, -0.15) is 5.26 Å². The van der Waals surface area contributed by atoms with E-state index < -0.39 is 0 Å². The third kappa shape index (κ3) is 3.85. The van der Waals surface area contributed by atoms with Crippen LogP contribution in [-0.2, 0) is 4.74 Å². The van der Waals surface area contributed by atoms with Crippen molar-refractivity contribution < 1.29 is 4.74 Å². The fourth-order valence-corrected chi connectivity index (χ4v) is 1.33. The Morgan fingerprint density at radius 3 is 2.94 bits per heavy atom. The van der Waals surface area contributed by atoms with Gasteiger partial charge in [-0.15, -0.1) is 0 Å². The monoisotopic (exact) mass is 235 g/mol. The van der Waals surface area contributed by atoms with E-state index in [4.69, 9.17) is 22.2 Å². The number of para-hydroxylation sites is 1. The zero-order chi connectivity index (χ0) is 11.8. The number of thiocarbonyl (C=S) groups is 1. The lowest BCUT2D eigenvalue weighted by Gasteiger charge is -2.10. The van der Waals surface area contributed by atoms with Crippen LogP contribution >= 0.6 is 12.2 Å². The topological polar surface area (TPSA) is 57.1 Å². The van der Waals surface area contributed by atoms with Crippen LogP contribution in [0.15, 0.2) is 24.3 Å². The van der Waals surface area contributed by atoms with Crippen molar-refractivity contribution in [1.29, 1.82) is 5.26 Å². The van der Waals surface area contributed by atoms with Crippen molar-refractivity contribution in [2.75, 3.05) is 25.6 Å². The van der Waals surface area contributed by atoms with E-state index in [1.165, 1.54) is 0 Å². The van der Waals surface area contributed by atoms with E-state index in [0.717, 1.165) is 0 Å². The highest BCUT2D eigenvalue weighted by Gasteiger charge is 2.01. The third-order valence-electron chi connectivity index (χ3n) is 1.89. The summed E-state index contributed by atoms with van der Waals surface area (Å²) in [5.74, 6) is 0. The molecule has 0 unspecified atom stereocenters. The normalized spacial score (nSPS) is 9.25. The van der Waals surface area contributed by atoms with Crippen LogP contribution in [0.4, 0.5) is 5.69 Å². The van der Waals surface area contributed by atoms with E-state index in [2.05, 4.69) is 16.7 Å². The third-order valence-corrected chi connectivity index (χ3v) is 2.13. The molecule has 0 aliphatic heterocycles. The van der Waals surface area contributed by atoms with E-state index in [0.29, 0.717) is 29.5 Å². The summed E-state index contributed by atoms with van der Waals surface area (Å²) >= 11 is 5.07. The van der Waals surface area contributed by atoms with Crippen molar-refractivity contribution in [2.45, 2.75) is 0 Å². The highest BCUT2D eigenvalue weighted by atomic mass is 32.1. The van der Waals surface area contributed by atoms with Gasteiger partial charge in [-0.3, -0.25) is 0 Å². The minimum atomic E-state index is 0.486. The van der Waals surface area contributed by atoms with Crippen LogP contribution in [0.2, 0.25) is 0 Å². The van der Waals surface area contributed by atoms with Gasteiger partial charge in [0.15, 0.2) is 5.11 Å². The number of methoxy groups -OCH3 is 1. The second kappa shape index (κ2) is 6.77. The zero-order valence-electron chi connectivity index (χ0n) is 8.99. The number of nitrogens with one attached hydrogen (secondary N) is 2. The summed E-state index contributed by atoms with van der Waals surface area (Å²) in [6.45, 7) is 1.22. The maximum Gasteiger partial charge on any atom is 0.170 e. The van der Waals surface area contributed by atoms with E-state index in [9.17, 15) is 0 Å². The SMILES string of the molecule is COCCNC(=S)Nc1ccccc1C#N. The Bertz CT molecular complexity index is 400. The lowest BCUT2D eigenvalue weighted by molar-refractivity contribution is 0.204. The second-order valence-electron chi connectivity index (χ2n) is 3.03. The highest BCUT2D eigenvalue weighted by molar-refractivity contribution is 7.80. The summed E-state index contributed by atoms with van der Waals surface area (Å²) in [5, 5.41) is 15.3. The van der Waals surface area contributed by atoms with Crippen LogP contribution < -0.4 is 10.6 Å². The number of ether oxygens (including phenoxy) is 1. The van der Waals surface area contributed by atoms with Gasteiger partial charge in [-0.1, -0.05) is 12.1 Å². The first-order valence-corrected chi connectivity index (χ1v) is 5.21. The average molecular weight is 235 g/mol. The minimum absolute atomic E-state index is 0.486. The van der Waals surface area contributed by atoms with Crippen molar-refractivity contribution in [1.82, 2.24) is 5.32 Å². The molecule has 1 aromatic carbocycles. The molecule has 5 heteroatoms. The van der Waals surface area contributed by atoms with Gasteiger partial charge in [-0.05, 0) is 24.4 Å². The fourth-order valence-electron chi connectivity index (χ4n) is 1.12. The molecule has 0 radical (unpaired) electrons. The van der Waals surface area contributed by atoms with Crippen molar-refractivity contribution >= 4 is 23.0 Å². The number of nitriles is 1. The standard InChI is InChI=1S/C11H13N3OS/c1-15-7-6-13-11(16)14-10-5-3-2-4-9(10)8-12/h2-5H,6-7H2,1H3,(H2,13,14,16). The van der Waals surface area contributed by atoms with Gasteiger partial charge in [0.25, 0.3) is 0 Å². The number of hydrogen-bond acceptors (Lipinski definition) is 3. The number of hydrogen-bond donors (Lipinski definition) is 2. The quantitative estimate of drug-likeness (QED) is 0.611. The molecule has 0 bridgehead atoms. The first-order valence-electron chi connectivity index (χ1n) is 4.81. The maximum atomic E-state index is 8.87. The van der Waals surface area contributed by atoms with Crippen LogP contribution in [-0.4, -0.2) is 25.4 Å². The molecular weight excluding hydrogens is 222 g/mol. The van der Waals surface area contributed by atoms with Gasteiger partial charge in [0.1, 0.15) is 6.07 Å². The lowest BCUT2D eigenvalue weighted by atomic mass is 10.2. The first-order chi connectivity index (χ1) is 7.77. The van der Waals surface area contributed by atoms with Crippen LogP contribution in [0.3, 0.4) is 0 Å². The van der Waals surface area contributed by atoms with Gasteiger partial charge in [0, 0.05) is 13.7 Å². The molecule has 0 atom stereocenters. The van der Waals surface area contributed by atoms with Gasteiger partial charge < -0.3 is 15.4 Å². The molecule has 0 heterocycles. The van der Waals surface area contributed by atoms with Crippen molar-refractivity contribution in [2.24, 2.45) is 0 Å². The molecule has 4 nitrogen and oxygen atoms in total. The smallest absolute Gasteiger partial charge is 0.170 e. The van der Waals surface area contributed by atoms with Crippen LogP contribution in [0.5, 0.6) is 0 Å². The van der Waals surface area contributed by atoms with E-state index in [-0.39, 0.29) is 0 Å². The fraction of sp³-hybridized carbons (Fsp3) is 0.273. The van der Waals surface area contributed by atoms with Gasteiger partial charge in [-0.25, -0.2) is 0 Å². The predicted molar refractivity (Wildman–Crippen MR) is 67.3 cm³/mol. The second-order valence-corrected chi connectivity index (χ2v) is 3.44. The Labute approximate surface area is 100 Å². The molecule has 0 saturated heterocycles. The Hall–Kier alpha value is -1.64. The number of benzene rings is 1. The largest absolute Gasteiger partial charge is 0.383 e. The van der Waals surface area contributed by atoms with Gasteiger partial charge in [0.2, 0.25) is 0 Å². The van der Waals surface area contributed by atoms with Crippen molar-refractivity contribution in [3.05, 3.63) is 29.8 Å². The van der Waals surface area contributed by atoms with Gasteiger partial charge >= 0.3 is 0 Å². The Balaban J connectivity index is 2.53. The summed E-state index contributed by atoms with van der Waals surface area (Å²) in [7, 11) is 1.63. The number of anilines is 1. The molecule has 0 aliphatic carbocycles. The van der Waals surface area contributed by atoms with Crippen molar-refractivity contribution in [3.8, 4) is 6.07 Å². The minimum Gasteiger partial charge on any atom is -0.383 e. The lowest BCUT2D eigenvalue weighted by Crippen LogP contribution is -2.31. The first kappa shape index (κ1) is 12.4. The van der Waals surface area contributed by atoms with Crippen LogP contribution in [0.1, 0.15) is 5.56 Å². The van der Waals surface area contributed by atoms with E-state index in [1.54, 1.807) is 13.2 Å². The Kier molecular flexibility index (Phi) is 5.26. The summed E-state index contributed by atoms with van der Waals surface area (Å²) < 4.78 is 4.89. The average Bonchev–Trinajstić information content (AvgIpc) is 2.30. The molecule has 0 fully saturated rings. The molecule has 0 saturated carbocycles. The molecule has 1 rings (SSSR count). The molecule has 16 heavy (non-hydrogen) atoms. The van der Waals surface area contributed by atoms with Crippen LogP contribution in [0.25, 0.3) is 0 Å². The van der Waals surface area contributed by atoms with Crippen molar-refractivity contribution in [3.63, 3.8) is 0 Å². The molecule has 0 amide bonds. The van der Waals surface area contributed by atoms with E-state index in [1.807, 2.05) is 18.2 Å². The number of rotatable bonds is 4. The molecular formula is C11H13N3OS. The molecule has 2 N–H and O–H groups in total. The number of nitrogens with zero attached hydrogens (tertiary/aromatic N) is 1. The molecule has 0 aromatic heterocycles. The summed E-state index contributed by atoms with van der Waals surface area (Å²) in [5.41, 5.74) is 1.28. The predicted octanol–water partition coefficient (Wildman–Crippen LogP) is 1.49. The molecule has 84 valence electrons.